The van der Waals surface area contributed by atoms with E-state index in [1.54, 1.807) is 11.9 Å². The third kappa shape index (κ3) is 2.72. The summed E-state index contributed by atoms with van der Waals surface area (Å²) in [6.45, 7) is 2.00. The topological polar surface area (TPSA) is 40.5 Å². The van der Waals surface area contributed by atoms with Gasteiger partial charge in [0.15, 0.2) is 0 Å². The molecular weight excluding hydrogens is 226 g/mol. The second-order valence-corrected chi connectivity index (χ2v) is 5.20. The van der Waals surface area contributed by atoms with Crippen LogP contribution in [0.5, 0.6) is 0 Å². The number of nitrogens with zero attached hydrogens (tertiary/aromatic N) is 1. The lowest BCUT2D eigenvalue weighted by Crippen LogP contribution is -2.46. The van der Waals surface area contributed by atoms with Crippen LogP contribution in [0.25, 0.3) is 0 Å². The van der Waals surface area contributed by atoms with E-state index in [-0.39, 0.29) is 18.1 Å². The zero-order valence-electron chi connectivity index (χ0n) is 11.1. The average Bonchev–Trinajstić information content (AvgIpc) is 2.38. The Kier molecular flexibility index (Phi) is 4.02. The van der Waals surface area contributed by atoms with Crippen LogP contribution in [0.2, 0.25) is 0 Å². The summed E-state index contributed by atoms with van der Waals surface area (Å²) < 4.78 is 0. The number of aliphatic hydroxyl groups excluding tert-OH is 1. The molecule has 0 unspecified atom stereocenters. The third-order valence-electron chi connectivity index (χ3n) is 3.81. The van der Waals surface area contributed by atoms with Crippen molar-refractivity contribution >= 4 is 5.91 Å². The van der Waals surface area contributed by atoms with Crippen LogP contribution >= 0.6 is 0 Å². The van der Waals surface area contributed by atoms with Gasteiger partial charge in [-0.1, -0.05) is 30.5 Å². The quantitative estimate of drug-likeness (QED) is 0.871. The molecule has 1 aromatic rings. The molecule has 1 amide bonds. The Labute approximate surface area is 108 Å². The molecule has 1 aromatic carbocycles. The van der Waals surface area contributed by atoms with E-state index in [0.717, 1.165) is 31.2 Å². The summed E-state index contributed by atoms with van der Waals surface area (Å²) in [5, 5.41) is 9.99. The van der Waals surface area contributed by atoms with E-state index in [1.807, 2.05) is 31.2 Å². The molecule has 0 bridgehead atoms. The lowest BCUT2D eigenvalue weighted by atomic mass is 9.91. The predicted molar refractivity (Wildman–Crippen MR) is 71.5 cm³/mol. The number of carbonyl (C=O) groups is 1. The minimum Gasteiger partial charge on any atom is -0.391 e. The Morgan fingerprint density at radius 2 is 1.83 bits per heavy atom. The SMILES string of the molecule is Cc1ccc(C(=O)N(C)[C@H]2CCCC[C@H]2O)cc1. The summed E-state index contributed by atoms with van der Waals surface area (Å²) in [6, 6.07) is 7.55. The second kappa shape index (κ2) is 5.53. The highest BCUT2D eigenvalue weighted by Crippen LogP contribution is 2.23. The Morgan fingerprint density at radius 3 is 2.44 bits per heavy atom. The number of rotatable bonds is 2. The molecule has 1 N–H and O–H groups in total. The van der Waals surface area contributed by atoms with Crippen LogP contribution in [-0.2, 0) is 0 Å². The van der Waals surface area contributed by atoms with Gasteiger partial charge < -0.3 is 10.0 Å². The number of amides is 1. The number of hydrogen-bond acceptors (Lipinski definition) is 2. The van der Waals surface area contributed by atoms with Crippen LogP contribution in [0, 0.1) is 6.92 Å². The van der Waals surface area contributed by atoms with Crippen molar-refractivity contribution < 1.29 is 9.90 Å². The lowest BCUT2D eigenvalue weighted by molar-refractivity contribution is 0.0268. The van der Waals surface area contributed by atoms with Crippen molar-refractivity contribution in [3.8, 4) is 0 Å². The molecule has 2 rings (SSSR count). The van der Waals surface area contributed by atoms with Crippen LogP contribution in [0.1, 0.15) is 41.6 Å². The summed E-state index contributed by atoms with van der Waals surface area (Å²) in [5.41, 5.74) is 1.84. The van der Waals surface area contributed by atoms with Crippen molar-refractivity contribution in [3.63, 3.8) is 0 Å². The lowest BCUT2D eigenvalue weighted by Gasteiger charge is -2.35. The van der Waals surface area contributed by atoms with Crippen molar-refractivity contribution in [2.24, 2.45) is 0 Å². The highest BCUT2D eigenvalue weighted by Gasteiger charge is 2.29. The molecule has 0 aromatic heterocycles. The Balaban J connectivity index is 2.10. The van der Waals surface area contributed by atoms with E-state index in [1.165, 1.54) is 0 Å². The van der Waals surface area contributed by atoms with Crippen molar-refractivity contribution in [3.05, 3.63) is 35.4 Å². The Bertz CT molecular complexity index is 413. The molecule has 1 fully saturated rings. The zero-order chi connectivity index (χ0) is 13.1. The number of carbonyl (C=O) groups excluding carboxylic acids is 1. The molecule has 1 aliphatic rings. The molecule has 3 nitrogen and oxygen atoms in total. The largest absolute Gasteiger partial charge is 0.391 e. The molecule has 0 saturated heterocycles. The fraction of sp³-hybridized carbons (Fsp3) is 0.533. The van der Waals surface area contributed by atoms with Gasteiger partial charge in [0.1, 0.15) is 0 Å². The van der Waals surface area contributed by atoms with Gasteiger partial charge in [0.2, 0.25) is 0 Å². The van der Waals surface area contributed by atoms with Gasteiger partial charge in [-0.25, -0.2) is 0 Å². The average molecular weight is 247 g/mol. The molecule has 1 aliphatic carbocycles. The number of hydrogen-bond donors (Lipinski definition) is 1. The zero-order valence-corrected chi connectivity index (χ0v) is 11.1. The molecule has 0 radical (unpaired) electrons. The van der Waals surface area contributed by atoms with Gasteiger partial charge in [-0.05, 0) is 31.9 Å². The first-order valence-corrected chi connectivity index (χ1v) is 6.61. The number of aliphatic hydroxyl groups is 1. The predicted octanol–water partition coefficient (Wildman–Crippen LogP) is 2.37. The van der Waals surface area contributed by atoms with Crippen LogP contribution in [0.3, 0.4) is 0 Å². The van der Waals surface area contributed by atoms with Crippen molar-refractivity contribution in [1.29, 1.82) is 0 Å². The molecule has 3 heteroatoms. The third-order valence-corrected chi connectivity index (χ3v) is 3.81. The monoisotopic (exact) mass is 247 g/mol. The van der Waals surface area contributed by atoms with Crippen molar-refractivity contribution in [2.45, 2.75) is 44.8 Å². The second-order valence-electron chi connectivity index (χ2n) is 5.20. The first kappa shape index (κ1) is 13.1. The van der Waals surface area contributed by atoms with Crippen molar-refractivity contribution in [1.82, 2.24) is 4.90 Å². The van der Waals surface area contributed by atoms with Gasteiger partial charge >= 0.3 is 0 Å². The fourth-order valence-electron chi connectivity index (χ4n) is 2.59. The smallest absolute Gasteiger partial charge is 0.253 e. The van der Waals surface area contributed by atoms with E-state index < -0.39 is 0 Å². The van der Waals surface area contributed by atoms with Crippen LogP contribution in [-0.4, -0.2) is 35.1 Å². The van der Waals surface area contributed by atoms with Crippen LogP contribution in [0.15, 0.2) is 24.3 Å². The van der Waals surface area contributed by atoms with Gasteiger partial charge in [-0.15, -0.1) is 0 Å². The maximum atomic E-state index is 12.3. The highest BCUT2D eigenvalue weighted by atomic mass is 16.3. The van der Waals surface area contributed by atoms with E-state index in [9.17, 15) is 9.90 Å². The van der Waals surface area contributed by atoms with Crippen LogP contribution < -0.4 is 0 Å². The molecular formula is C15H21NO2. The molecule has 1 saturated carbocycles. The summed E-state index contributed by atoms with van der Waals surface area (Å²) in [5.74, 6) is 0.000880. The van der Waals surface area contributed by atoms with Gasteiger partial charge in [0, 0.05) is 12.6 Å². The van der Waals surface area contributed by atoms with E-state index in [0.29, 0.717) is 5.56 Å². The number of benzene rings is 1. The van der Waals surface area contributed by atoms with Gasteiger partial charge in [0.25, 0.3) is 5.91 Å². The summed E-state index contributed by atoms with van der Waals surface area (Å²) in [7, 11) is 1.79. The minimum atomic E-state index is -0.377. The summed E-state index contributed by atoms with van der Waals surface area (Å²) >= 11 is 0. The Morgan fingerprint density at radius 1 is 1.22 bits per heavy atom. The molecule has 0 aliphatic heterocycles. The molecule has 0 spiro atoms. The van der Waals surface area contributed by atoms with Gasteiger partial charge in [-0.3, -0.25) is 4.79 Å². The van der Waals surface area contributed by atoms with Crippen molar-refractivity contribution in [2.75, 3.05) is 7.05 Å². The maximum Gasteiger partial charge on any atom is 0.253 e. The maximum absolute atomic E-state index is 12.3. The van der Waals surface area contributed by atoms with E-state index >= 15 is 0 Å². The first-order chi connectivity index (χ1) is 8.59. The number of aryl methyl sites for hydroxylation is 1. The highest BCUT2D eigenvalue weighted by molar-refractivity contribution is 5.94. The Hall–Kier alpha value is -1.35. The first-order valence-electron chi connectivity index (χ1n) is 6.61. The van der Waals surface area contributed by atoms with Gasteiger partial charge in [0.05, 0.1) is 12.1 Å². The molecule has 2 atom stereocenters. The van der Waals surface area contributed by atoms with Gasteiger partial charge in [-0.2, -0.15) is 0 Å². The van der Waals surface area contributed by atoms with E-state index in [2.05, 4.69) is 0 Å². The molecule has 98 valence electrons. The number of likely N-dealkylation sites (N-methyl/N-ethyl adjacent to an activating group) is 1. The fourth-order valence-corrected chi connectivity index (χ4v) is 2.59. The summed E-state index contributed by atoms with van der Waals surface area (Å²) in [6.07, 6.45) is 3.47. The molecule has 18 heavy (non-hydrogen) atoms. The van der Waals surface area contributed by atoms with Crippen LogP contribution in [0.4, 0.5) is 0 Å². The summed E-state index contributed by atoms with van der Waals surface area (Å²) in [4.78, 5) is 14.0. The normalized spacial score (nSPS) is 23.7. The molecule has 0 heterocycles. The van der Waals surface area contributed by atoms with E-state index in [4.69, 9.17) is 0 Å². The standard InChI is InChI=1S/C15H21NO2/c1-11-7-9-12(10-8-11)15(18)16(2)13-5-3-4-6-14(13)17/h7-10,13-14,17H,3-6H2,1-2H3/t13-,14+/m0/s1. The minimum absolute atomic E-state index is 0.000880.